The third kappa shape index (κ3) is 3.74. The van der Waals surface area contributed by atoms with Gasteiger partial charge in [0, 0.05) is 18.6 Å². The second-order valence-corrected chi connectivity index (χ2v) is 7.51. The van der Waals surface area contributed by atoms with Crippen molar-refractivity contribution in [3.63, 3.8) is 0 Å². The van der Waals surface area contributed by atoms with Gasteiger partial charge in [-0.1, -0.05) is 0 Å². The first-order valence-corrected chi connectivity index (χ1v) is 7.25. The molecule has 1 atom stereocenters. The van der Waals surface area contributed by atoms with E-state index in [2.05, 4.69) is 17.6 Å². The van der Waals surface area contributed by atoms with Crippen LogP contribution in [0.1, 0.15) is 27.2 Å². The molecule has 1 aliphatic heterocycles. The fourth-order valence-corrected chi connectivity index (χ4v) is 2.56. The van der Waals surface area contributed by atoms with E-state index in [1.807, 2.05) is 0 Å². The lowest BCUT2D eigenvalue weighted by Crippen LogP contribution is -2.46. The molecule has 1 unspecified atom stereocenters. The number of hydrogen-bond acceptors (Lipinski definition) is 4. The molecule has 0 aliphatic carbocycles. The first-order valence-electron chi connectivity index (χ1n) is 5.53. The van der Waals surface area contributed by atoms with E-state index in [0.717, 1.165) is 19.5 Å². The Bertz CT molecular complexity index is 293. The molecule has 0 aromatic carbocycles. The summed E-state index contributed by atoms with van der Waals surface area (Å²) in [5, 5.41) is 6.33. The minimum absolute atomic E-state index is 0.0759. The Morgan fingerprint density at radius 1 is 1.47 bits per heavy atom. The summed E-state index contributed by atoms with van der Waals surface area (Å²) in [6.45, 7) is 8.09. The van der Waals surface area contributed by atoms with Crippen LogP contribution in [0, 0.1) is 0 Å². The minimum atomic E-state index is -2.90. The third-order valence-corrected chi connectivity index (χ3v) is 5.23. The van der Waals surface area contributed by atoms with Crippen molar-refractivity contribution >= 4 is 9.84 Å². The van der Waals surface area contributed by atoms with Gasteiger partial charge in [-0.2, -0.15) is 0 Å². The van der Waals surface area contributed by atoms with Gasteiger partial charge in [0.25, 0.3) is 0 Å². The van der Waals surface area contributed by atoms with Crippen LogP contribution >= 0.6 is 0 Å². The van der Waals surface area contributed by atoms with Crippen LogP contribution < -0.4 is 10.6 Å². The molecular formula is C10H22N2O2S. The van der Waals surface area contributed by atoms with Crippen molar-refractivity contribution in [3.8, 4) is 0 Å². The van der Waals surface area contributed by atoms with E-state index in [0.29, 0.717) is 6.54 Å². The van der Waals surface area contributed by atoms with Crippen LogP contribution in [-0.2, 0) is 9.84 Å². The average Bonchev–Trinajstić information content (AvgIpc) is 2.51. The second-order valence-electron chi connectivity index (χ2n) is 4.83. The molecule has 0 bridgehead atoms. The van der Waals surface area contributed by atoms with Gasteiger partial charge in [-0.25, -0.2) is 8.42 Å². The Labute approximate surface area is 92.7 Å². The summed E-state index contributed by atoms with van der Waals surface area (Å²) < 4.78 is 23.1. The molecule has 1 rings (SSSR count). The zero-order valence-corrected chi connectivity index (χ0v) is 10.7. The molecular weight excluding hydrogens is 212 g/mol. The Morgan fingerprint density at radius 2 is 2.13 bits per heavy atom. The summed E-state index contributed by atoms with van der Waals surface area (Å²) in [7, 11) is -2.90. The average molecular weight is 234 g/mol. The van der Waals surface area contributed by atoms with Gasteiger partial charge in [-0.3, -0.25) is 0 Å². The van der Waals surface area contributed by atoms with Gasteiger partial charge in [0.05, 0.1) is 11.0 Å². The highest BCUT2D eigenvalue weighted by Crippen LogP contribution is 2.12. The highest BCUT2D eigenvalue weighted by molar-refractivity contribution is 7.92. The molecule has 0 aromatic rings. The number of rotatable bonds is 5. The molecule has 0 amide bonds. The summed E-state index contributed by atoms with van der Waals surface area (Å²) >= 11 is 0. The van der Waals surface area contributed by atoms with Gasteiger partial charge in [0.1, 0.15) is 0 Å². The van der Waals surface area contributed by atoms with Crippen molar-refractivity contribution in [1.82, 2.24) is 10.6 Å². The Morgan fingerprint density at radius 3 is 2.60 bits per heavy atom. The lowest BCUT2D eigenvalue weighted by atomic mass is 10.0. The molecule has 4 nitrogen and oxygen atoms in total. The van der Waals surface area contributed by atoms with Crippen LogP contribution in [0.4, 0.5) is 0 Å². The highest BCUT2D eigenvalue weighted by atomic mass is 32.2. The largest absolute Gasteiger partial charge is 0.315 e. The molecule has 1 aliphatic rings. The molecule has 1 saturated heterocycles. The predicted molar refractivity (Wildman–Crippen MR) is 62.8 cm³/mol. The van der Waals surface area contributed by atoms with Gasteiger partial charge < -0.3 is 10.6 Å². The summed E-state index contributed by atoms with van der Waals surface area (Å²) in [5.74, 6) is 0.236. The second kappa shape index (κ2) is 4.80. The summed E-state index contributed by atoms with van der Waals surface area (Å²) in [5.41, 5.74) is 0.0759. The van der Waals surface area contributed by atoms with E-state index in [1.165, 1.54) is 0 Å². The zero-order valence-electron chi connectivity index (χ0n) is 9.84. The molecule has 0 saturated carbocycles. The molecule has 2 N–H and O–H groups in total. The van der Waals surface area contributed by atoms with E-state index >= 15 is 0 Å². The first kappa shape index (κ1) is 12.9. The Hall–Kier alpha value is -0.130. The van der Waals surface area contributed by atoms with Gasteiger partial charge in [-0.05, 0) is 33.7 Å². The number of hydrogen-bond donors (Lipinski definition) is 2. The first-order chi connectivity index (χ1) is 6.86. The fourth-order valence-electron chi connectivity index (χ4n) is 1.70. The van der Waals surface area contributed by atoms with E-state index in [1.54, 1.807) is 13.8 Å². The van der Waals surface area contributed by atoms with Crippen molar-refractivity contribution in [2.75, 3.05) is 25.4 Å². The molecule has 15 heavy (non-hydrogen) atoms. The van der Waals surface area contributed by atoms with E-state index < -0.39 is 9.84 Å². The van der Waals surface area contributed by atoms with Crippen molar-refractivity contribution in [3.05, 3.63) is 0 Å². The van der Waals surface area contributed by atoms with E-state index in [9.17, 15) is 8.42 Å². The third-order valence-electron chi connectivity index (χ3n) is 3.03. The SMILES string of the molecule is CC(C)S(=O)(=O)CCNC1(C)CCNC1. The maximum absolute atomic E-state index is 11.6. The fraction of sp³-hybridized carbons (Fsp3) is 1.00. The van der Waals surface area contributed by atoms with Crippen LogP contribution in [0.3, 0.4) is 0 Å². The van der Waals surface area contributed by atoms with Gasteiger partial charge in [-0.15, -0.1) is 0 Å². The van der Waals surface area contributed by atoms with Gasteiger partial charge in [0.15, 0.2) is 9.84 Å². The van der Waals surface area contributed by atoms with Crippen LogP contribution in [0.25, 0.3) is 0 Å². The Kier molecular flexibility index (Phi) is 4.14. The molecule has 1 fully saturated rings. The molecule has 90 valence electrons. The van der Waals surface area contributed by atoms with Crippen molar-refractivity contribution in [2.24, 2.45) is 0 Å². The molecule has 1 heterocycles. The molecule has 0 aromatic heterocycles. The topological polar surface area (TPSA) is 58.2 Å². The smallest absolute Gasteiger partial charge is 0.153 e. The lowest BCUT2D eigenvalue weighted by Gasteiger charge is -2.24. The zero-order chi connectivity index (χ0) is 11.5. The molecule has 5 heteroatoms. The number of nitrogens with one attached hydrogen (secondary N) is 2. The monoisotopic (exact) mass is 234 g/mol. The highest BCUT2D eigenvalue weighted by Gasteiger charge is 2.28. The normalized spacial score (nSPS) is 27.5. The van der Waals surface area contributed by atoms with Crippen molar-refractivity contribution < 1.29 is 8.42 Å². The maximum atomic E-state index is 11.6. The minimum Gasteiger partial charge on any atom is -0.315 e. The summed E-state index contributed by atoms with van der Waals surface area (Å²) in [6, 6.07) is 0. The lowest BCUT2D eigenvalue weighted by molar-refractivity contribution is 0.398. The van der Waals surface area contributed by atoms with Crippen LogP contribution in [0.2, 0.25) is 0 Å². The predicted octanol–water partition coefficient (Wildman–Crippen LogP) is 0.151. The van der Waals surface area contributed by atoms with E-state index in [-0.39, 0.29) is 16.5 Å². The van der Waals surface area contributed by atoms with Crippen LogP contribution in [-0.4, -0.2) is 44.6 Å². The van der Waals surface area contributed by atoms with Crippen molar-refractivity contribution in [2.45, 2.75) is 38.0 Å². The Balaban J connectivity index is 2.33. The molecule has 0 spiro atoms. The summed E-state index contributed by atoms with van der Waals surface area (Å²) in [6.07, 6.45) is 1.06. The van der Waals surface area contributed by atoms with Gasteiger partial charge in [0.2, 0.25) is 0 Å². The van der Waals surface area contributed by atoms with E-state index in [4.69, 9.17) is 0 Å². The summed E-state index contributed by atoms with van der Waals surface area (Å²) in [4.78, 5) is 0. The van der Waals surface area contributed by atoms with Gasteiger partial charge >= 0.3 is 0 Å². The quantitative estimate of drug-likeness (QED) is 0.711. The number of sulfone groups is 1. The standard InChI is InChI=1S/C10H22N2O2S/c1-9(2)15(13,14)7-6-12-10(3)4-5-11-8-10/h9,11-12H,4-8H2,1-3H3. The van der Waals surface area contributed by atoms with Crippen molar-refractivity contribution in [1.29, 1.82) is 0 Å². The van der Waals surface area contributed by atoms with Crippen LogP contribution in [0.15, 0.2) is 0 Å². The maximum Gasteiger partial charge on any atom is 0.153 e. The van der Waals surface area contributed by atoms with Crippen LogP contribution in [0.5, 0.6) is 0 Å². The molecule has 0 radical (unpaired) electrons.